The molecule has 0 aliphatic carbocycles. The van der Waals surface area contributed by atoms with Crippen molar-refractivity contribution in [2.45, 2.75) is 0 Å². The molecular weight excluding hydrogens is 228 g/mol. The molecule has 5 nitrogen and oxygen atoms in total. The molecule has 0 saturated carbocycles. The van der Waals surface area contributed by atoms with Gasteiger partial charge >= 0.3 is 0 Å². The summed E-state index contributed by atoms with van der Waals surface area (Å²) in [5.74, 6) is 0.929. The van der Waals surface area contributed by atoms with Crippen molar-refractivity contribution in [1.29, 1.82) is 0 Å². The number of nitrogen functional groups attached to an aromatic ring is 1. The first-order chi connectivity index (χ1) is 8.83. The van der Waals surface area contributed by atoms with Gasteiger partial charge in [-0.15, -0.1) is 0 Å². The van der Waals surface area contributed by atoms with Crippen LogP contribution in [-0.4, -0.2) is 15.1 Å². The second kappa shape index (κ2) is 4.29. The number of rotatable bonds is 2. The Morgan fingerprint density at radius 1 is 1.00 bits per heavy atom. The quantitative estimate of drug-likeness (QED) is 0.693. The average molecular weight is 238 g/mol. The van der Waals surface area contributed by atoms with Crippen LogP contribution in [0, 0.1) is 0 Å². The third kappa shape index (κ3) is 1.93. The highest BCUT2D eigenvalue weighted by molar-refractivity contribution is 5.59. The molecule has 1 aromatic carbocycles. The third-order valence-corrected chi connectivity index (χ3v) is 2.48. The monoisotopic (exact) mass is 238 g/mol. The number of anilines is 1. The fraction of sp³-hybridized carbons (Fsp3) is 0. The van der Waals surface area contributed by atoms with Gasteiger partial charge in [0.1, 0.15) is 5.69 Å². The summed E-state index contributed by atoms with van der Waals surface area (Å²) in [5, 5.41) is 3.91. The Hall–Kier alpha value is -2.69. The molecule has 0 radical (unpaired) electrons. The second-order valence-corrected chi connectivity index (χ2v) is 3.76. The van der Waals surface area contributed by atoms with Crippen molar-refractivity contribution in [3.05, 3.63) is 48.7 Å². The van der Waals surface area contributed by atoms with Crippen molar-refractivity contribution in [1.82, 2.24) is 15.1 Å². The van der Waals surface area contributed by atoms with E-state index in [1.165, 1.54) is 0 Å². The topological polar surface area (TPSA) is 77.8 Å². The molecule has 88 valence electrons. The number of hydrogen-bond donors (Lipinski definition) is 1. The van der Waals surface area contributed by atoms with Crippen molar-refractivity contribution in [3.8, 4) is 23.0 Å². The molecule has 0 amide bonds. The van der Waals surface area contributed by atoms with E-state index in [9.17, 15) is 0 Å². The summed E-state index contributed by atoms with van der Waals surface area (Å²) < 4.78 is 5.20. The fourth-order valence-corrected chi connectivity index (χ4v) is 1.57. The molecule has 18 heavy (non-hydrogen) atoms. The van der Waals surface area contributed by atoms with Crippen molar-refractivity contribution in [3.63, 3.8) is 0 Å². The SMILES string of the molecule is Nc1ccc(-c2nc(-c3ccccn3)no2)cc1. The van der Waals surface area contributed by atoms with Gasteiger partial charge in [-0.1, -0.05) is 11.2 Å². The van der Waals surface area contributed by atoms with Gasteiger partial charge in [0.2, 0.25) is 5.82 Å². The largest absolute Gasteiger partial charge is 0.399 e. The lowest BCUT2D eigenvalue weighted by molar-refractivity contribution is 0.432. The number of nitrogens with two attached hydrogens (primary N) is 1. The molecule has 0 spiro atoms. The Bertz CT molecular complexity index is 646. The number of aromatic nitrogens is 3. The van der Waals surface area contributed by atoms with Crippen LogP contribution in [0.5, 0.6) is 0 Å². The highest BCUT2D eigenvalue weighted by atomic mass is 16.5. The molecular formula is C13H10N4O. The number of nitrogens with zero attached hydrogens (tertiary/aromatic N) is 3. The molecule has 0 aliphatic heterocycles. The highest BCUT2D eigenvalue weighted by Gasteiger charge is 2.10. The van der Waals surface area contributed by atoms with Gasteiger partial charge in [0.25, 0.3) is 5.89 Å². The first-order valence-corrected chi connectivity index (χ1v) is 5.44. The molecule has 0 saturated heterocycles. The maximum Gasteiger partial charge on any atom is 0.258 e. The first kappa shape index (κ1) is 10.5. The van der Waals surface area contributed by atoms with Gasteiger partial charge < -0.3 is 10.3 Å². The molecule has 3 aromatic rings. The molecule has 2 N–H and O–H groups in total. The van der Waals surface area contributed by atoms with Gasteiger partial charge in [-0.2, -0.15) is 4.98 Å². The van der Waals surface area contributed by atoms with Crippen LogP contribution in [0.15, 0.2) is 53.2 Å². The fourth-order valence-electron chi connectivity index (χ4n) is 1.57. The van der Waals surface area contributed by atoms with Gasteiger partial charge in [0.15, 0.2) is 0 Å². The zero-order valence-electron chi connectivity index (χ0n) is 9.45. The number of pyridine rings is 1. The normalized spacial score (nSPS) is 10.4. The van der Waals surface area contributed by atoms with E-state index in [0.29, 0.717) is 23.1 Å². The maximum atomic E-state index is 5.62. The van der Waals surface area contributed by atoms with Gasteiger partial charge in [-0.3, -0.25) is 4.98 Å². The summed E-state index contributed by atoms with van der Waals surface area (Å²) in [4.78, 5) is 8.46. The Morgan fingerprint density at radius 2 is 1.83 bits per heavy atom. The molecule has 5 heteroatoms. The van der Waals surface area contributed by atoms with Crippen LogP contribution < -0.4 is 5.73 Å². The molecule has 2 heterocycles. The van der Waals surface area contributed by atoms with Crippen LogP contribution in [0.4, 0.5) is 5.69 Å². The zero-order valence-corrected chi connectivity index (χ0v) is 9.45. The van der Waals surface area contributed by atoms with Gasteiger partial charge in [0.05, 0.1) is 0 Å². The highest BCUT2D eigenvalue weighted by Crippen LogP contribution is 2.21. The molecule has 2 aromatic heterocycles. The maximum absolute atomic E-state index is 5.62. The number of benzene rings is 1. The Morgan fingerprint density at radius 3 is 2.56 bits per heavy atom. The molecule has 0 atom stereocenters. The van der Waals surface area contributed by atoms with Crippen LogP contribution in [0.3, 0.4) is 0 Å². The molecule has 0 unspecified atom stereocenters. The zero-order chi connectivity index (χ0) is 12.4. The van der Waals surface area contributed by atoms with E-state index in [1.807, 2.05) is 30.3 Å². The summed E-state index contributed by atoms with van der Waals surface area (Å²) >= 11 is 0. The molecule has 0 aliphatic rings. The van der Waals surface area contributed by atoms with Crippen molar-refractivity contribution < 1.29 is 4.52 Å². The van der Waals surface area contributed by atoms with Crippen LogP contribution in [0.1, 0.15) is 0 Å². The summed E-state index contributed by atoms with van der Waals surface area (Å²) in [6.45, 7) is 0. The molecule has 0 fully saturated rings. The van der Waals surface area contributed by atoms with Crippen LogP contribution in [-0.2, 0) is 0 Å². The lowest BCUT2D eigenvalue weighted by atomic mass is 10.2. The van der Waals surface area contributed by atoms with E-state index in [-0.39, 0.29) is 0 Å². The van der Waals surface area contributed by atoms with Gasteiger partial charge in [0, 0.05) is 17.4 Å². The minimum atomic E-state index is 0.454. The summed E-state index contributed by atoms with van der Waals surface area (Å²) in [6, 6.07) is 12.8. The third-order valence-electron chi connectivity index (χ3n) is 2.48. The van der Waals surface area contributed by atoms with Gasteiger partial charge in [-0.05, 0) is 36.4 Å². The Labute approximate surface area is 103 Å². The standard InChI is InChI=1S/C13H10N4O/c14-10-6-4-9(5-7-10)13-16-12(17-18-13)11-3-1-2-8-15-11/h1-8H,14H2. The van der Waals surface area contributed by atoms with E-state index in [2.05, 4.69) is 15.1 Å². The Kier molecular flexibility index (Phi) is 2.49. The van der Waals surface area contributed by atoms with E-state index in [4.69, 9.17) is 10.3 Å². The smallest absolute Gasteiger partial charge is 0.258 e. The Balaban J connectivity index is 1.97. The van der Waals surface area contributed by atoms with Crippen molar-refractivity contribution in [2.24, 2.45) is 0 Å². The first-order valence-electron chi connectivity index (χ1n) is 5.44. The summed E-state index contributed by atoms with van der Waals surface area (Å²) in [7, 11) is 0. The van der Waals surface area contributed by atoms with E-state index >= 15 is 0 Å². The average Bonchev–Trinajstić information content (AvgIpc) is 2.90. The van der Waals surface area contributed by atoms with Crippen LogP contribution in [0.25, 0.3) is 23.0 Å². The predicted octanol–water partition coefficient (Wildman–Crippen LogP) is 2.38. The minimum Gasteiger partial charge on any atom is -0.399 e. The van der Waals surface area contributed by atoms with E-state index < -0.39 is 0 Å². The van der Waals surface area contributed by atoms with E-state index in [1.54, 1.807) is 18.3 Å². The predicted molar refractivity (Wildman–Crippen MR) is 67.4 cm³/mol. The van der Waals surface area contributed by atoms with Crippen LogP contribution in [0.2, 0.25) is 0 Å². The lowest BCUT2D eigenvalue weighted by Gasteiger charge is -1.94. The van der Waals surface area contributed by atoms with E-state index in [0.717, 1.165) is 5.56 Å². The summed E-state index contributed by atoms with van der Waals surface area (Å²) in [6.07, 6.45) is 1.69. The number of hydrogen-bond acceptors (Lipinski definition) is 5. The van der Waals surface area contributed by atoms with Gasteiger partial charge in [-0.25, -0.2) is 0 Å². The minimum absolute atomic E-state index is 0.454. The van der Waals surface area contributed by atoms with Crippen LogP contribution >= 0.6 is 0 Å². The van der Waals surface area contributed by atoms with Crippen molar-refractivity contribution >= 4 is 5.69 Å². The summed E-state index contributed by atoms with van der Waals surface area (Å²) in [5.41, 5.74) is 7.84. The van der Waals surface area contributed by atoms with Crippen molar-refractivity contribution in [2.75, 3.05) is 5.73 Å². The molecule has 3 rings (SSSR count). The second-order valence-electron chi connectivity index (χ2n) is 3.76. The lowest BCUT2D eigenvalue weighted by Crippen LogP contribution is -1.85. The molecule has 0 bridgehead atoms.